The molecular weight excluding hydrogens is 253 g/mol. The Labute approximate surface area is 115 Å². The van der Waals surface area contributed by atoms with Gasteiger partial charge in [0.05, 0.1) is 0 Å². The summed E-state index contributed by atoms with van der Waals surface area (Å²) in [6, 6.07) is 6.02. The Morgan fingerprint density at radius 2 is 1.65 bits per heavy atom. The van der Waals surface area contributed by atoms with Crippen molar-refractivity contribution in [2.24, 2.45) is 5.41 Å². The third-order valence-electron chi connectivity index (χ3n) is 2.68. The molecule has 1 nitrogen and oxygen atoms in total. The predicted octanol–water partition coefficient (Wildman–Crippen LogP) is 5.08. The van der Waals surface area contributed by atoms with Crippen LogP contribution in [-0.2, 0) is 0 Å². The van der Waals surface area contributed by atoms with E-state index in [1.54, 1.807) is 6.07 Å². The minimum absolute atomic E-state index is 0.128. The third-order valence-corrected chi connectivity index (χ3v) is 3.12. The molecule has 1 rings (SSSR count). The molecule has 0 fully saturated rings. The molecule has 1 aromatic carbocycles. The molecule has 1 unspecified atom stereocenters. The number of hydrogen-bond acceptors (Lipinski definition) is 1. The molecule has 0 aliphatic heterocycles. The largest absolute Gasteiger partial charge is 0.309 e. The molecule has 0 aromatic heterocycles. The monoisotopic (exact) mass is 273 g/mol. The van der Waals surface area contributed by atoms with Gasteiger partial charge in [-0.3, -0.25) is 0 Å². The van der Waals surface area contributed by atoms with Gasteiger partial charge >= 0.3 is 0 Å². The van der Waals surface area contributed by atoms with Crippen LogP contribution in [0, 0.1) is 5.41 Å². The topological polar surface area (TPSA) is 12.0 Å². The fourth-order valence-corrected chi connectivity index (χ4v) is 2.50. The lowest BCUT2D eigenvalue weighted by Crippen LogP contribution is -2.32. The highest BCUT2D eigenvalue weighted by atomic mass is 35.5. The van der Waals surface area contributed by atoms with Crippen molar-refractivity contribution in [2.75, 3.05) is 6.54 Å². The Hall–Kier alpha value is -0.240. The highest BCUT2D eigenvalue weighted by Gasteiger charge is 2.25. The van der Waals surface area contributed by atoms with Crippen molar-refractivity contribution in [3.63, 3.8) is 0 Å². The molecule has 1 aromatic rings. The van der Waals surface area contributed by atoms with Gasteiger partial charge in [-0.2, -0.15) is 0 Å². The highest BCUT2D eigenvalue weighted by molar-refractivity contribution is 6.34. The standard InChI is InChI=1S/C14H21Cl2N/c1-5-6-17-13(14(2,3)4)10-7-11(15)9-12(16)8-10/h7-9,13,17H,5-6H2,1-4H3. The first kappa shape index (κ1) is 14.8. The minimum atomic E-state index is 0.128. The Morgan fingerprint density at radius 3 is 2.06 bits per heavy atom. The average Bonchev–Trinajstić information content (AvgIpc) is 2.14. The summed E-state index contributed by atoms with van der Waals surface area (Å²) >= 11 is 12.1. The normalized spacial score (nSPS) is 13.8. The first-order valence-electron chi connectivity index (χ1n) is 6.04. The number of halogens is 2. The van der Waals surface area contributed by atoms with Crippen LogP contribution in [0.25, 0.3) is 0 Å². The fraction of sp³-hybridized carbons (Fsp3) is 0.571. The van der Waals surface area contributed by atoms with Crippen molar-refractivity contribution >= 4 is 23.2 Å². The van der Waals surface area contributed by atoms with E-state index in [1.807, 2.05) is 12.1 Å². The van der Waals surface area contributed by atoms with E-state index < -0.39 is 0 Å². The lowest BCUT2D eigenvalue weighted by molar-refractivity contribution is 0.273. The summed E-state index contributed by atoms with van der Waals surface area (Å²) < 4.78 is 0. The number of benzene rings is 1. The van der Waals surface area contributed by atoms with Gasteiger partial charge < -0.3 is 5.32 Å². The molecule has 0 saturated carbocycles. The van der Waals surface area contributed by atoms with Gasteiger partial charge in [0.2, 0.25) is 0 Å². The molecule has 17 heavy (non-hydrogen) atoms. The van der Waals surface area contributed by atoms with E-state index in [2.05, 4.69) is 33.0 Å². The Morgan fingerprint density at radius 1 is 1.12 bits per heavy atom. The summed E-state index contributed by atoms with van der Waals surface area (Å²) in [5.41, 5.74) is 1.28. The second kappa shape index (κ2) is 6.08. The Balaban J connectivity index is 3.03. The summed E-state index contributed by atoms with van der Waals surface area (Å²) in [7, 11) is 0. The smallest absolute Gasteiger partial charge is 0.0424 e. The molecule has 0 spiro atoms. The van der Waals surface area contributed by atoms with Crippen LogP contribution in [-0.4, -0.2) is 6.54 Å². The lowest BCUT2D eigenvalue weighted by atomic mass is 9.82. The van der Waals surface area contributed by atoms with Gasteiger partial charge in [0.25, 0.3) is 0 Å². The molecule has 0 aliphatic carbocycles. The van der Waals surface area contributed by atoms with Crippen molar-refractivity contribution in [2.45, 2.75) is 40.2 Å². The number of hydrogen-bond donors (Lipinski definition) is 1. The summed E-state index contributed by atoms with van der Waals surface area (Å²) in [6.45, 7) is 9.81. The zero-order chi connectivity index (χ0) is 13.1. The van der Waals surface area contributed by atoms with Crippen LogP contribution in [0.1, 0.15) is 45.7 Å². The van der Waals surface area contributed by atoms with Gasteiger partial charge in [-0.25, -0.2) is 0 Å². The first-order chi connectivity index (χ1) is 7.84. The third kappa shape index (κ3) is 4.50. The van der Waals surface area contributed by atoms with Crippen molar-refractivity contribution < 1.29 is 0 Å². The molecule has 0 amide bonds. The zero-order valence-electron chi connectivity index (χ0n) is 11.0. The molecular formula is C14H21Cl2N. The fourth-order valence-electron chi connectivity index (χ4n) is 1.95. The Kier molecular flexibility index (Phi) is 5.30. The van der Waals surface area contributed by atoms with Crippen LogP contribution < -0.4 is 5.32 Å². The van der Waals surface area contributed by atoms with Gasteiger partial charge in [-0.05, 0) is 42.1 Å². The molecule has 96 valence electrons. The Bertz CT molecular complexity index is 349. The average molecular weight is 274 g/mol. The van der Waals surface area contributed by atoms with Crippen LogP contribution in [0.15, 0.2) is 18.2 Å². The van der Waals surface area contributed by atoms with Gasteiger partial charge in [-0.15, -0.1) is 0 Å². The molecule has 0 aliphatic rings. The quantitative estimate of drug-likeness (QED) is 0.807. The number of nitrogens with one attached hydrogen (secondary N) is 1. The van der Waals surface area contributed by atoms with Crippen molar-refractivity contribution in [3.05, 3.63) is 33.8 Å². The first-order valence-corrected chi connectivity index (χ1v) is 6.79. The molecule has 3 heteroatoms. The zero-order valence-corrected chi connectivity index (χ0v) is 12.5. The molecule has 0 heterocycles. The van der Waals surface area contributed by atoms with E-state index in [0.29, 0.717) is 10.0 Å². The highest BCUT2D eigenvalue weighted by Crippen LogP contribution is 2.35. The summed E-state index contributed by atoms with van der Waals surface area (Å²) in [4.78, 5) is 0. The van der Waals surface area contributed by atoms with E-state index in [1.165, 1.54) is 0 Å². The van der Waals surface area contributed by atoms with E-state index in [0.717, 1.165) is 18.5 Å². The molecule has 0 saturated heterocycles. The van der Waals surface area contributed by atoms with Crippen LogP contribution in [0.3, 0.4) is 0 Å². The van der Waals surface area contributed by atoms with Gasteiger partial charge in [0, 0.05) is 16.1 Å². The maximum absolute atomic E-state index is 6.07. The van der Waals surface area contributed by atoms with Crippen molar-refractivity contribution in [3.8, 4) is 0 Å². The maximum atomic E-state index is 6.07. The van der Waals surface area contributed by atoms with Crippen LogP contribution >= 0.6 is 23.2 Å². The SMILES string of the molecule is CCCNC(c1cc(Cl)cc(Cl)c1)C(C)(C)C. The van der Waals surface area contributed by atoms with Crippen LogP contribution in [0.2, 0.25) is 10.0 Å². The van der Waals surface area contributed by atoms with Gasteiger partial charge in [-0.1, -0.05) is 50.9 Å². The van der Waals surface area contributed by atoms with E-state index >= 15 is 0 Å². The molecule has 1 N–H and O–H groups in total. The van der Waals surface area contributed by atoms with E-state index in [9.17, 15) is 0 Å². The summed E-state index contributed by atoms with van der Waals surface area (Å²) in [5.74, 6) is 0. The lowest BCUT2D eigenvalue weighted by Gasteiger charge is -2.32. The molecule has 0 radical (unpaired) electrons. The minimum Gasteiger partial charge on any atom is -0.309 e. The van der Waals surface area contributed by atoms with Gasteiger partial charge in [0.1, 0.15) is 0 Å². The van der Waals surface area contributed by atoms with E-state index in [-0.39, 0.29) is 11.5 Å². The van der Waals surface area contributed by atoms with Crippen molar-refractivity contribution in [1.29, 1.82) is 0 Å². The van der Waals surface area contributed by atoms with Gasteiger partial charge in [0.15, 0.2) is 0 Å². The summed E-state index contributed by atoms with van der Waals surface area (Å²) in [6.07, 6.45) is 1.11. The van der Waals surface area contributed by atoms with Crippen LogP contribution in [0.4, 0.5) is 0 Å². The molecule has 0 bridgehead atoms. The van der Waals surface area contributed by atoms with E-state index in [4.69, 9.17) is 23.2 Å². The maximum Gasteiger partial charge on any atom is 0.0424 e. The summed E-state index contributed by atoms with van der Waals surface area (Å²) in [5, 5.41) is 4.95. The second-order valence-corrected chi connectivity index (χ2v) is 6.33. The number of rotatable bonds is 4. The van der Waals surface area contributed by atoms with Crippen LogP contribution in [0.5, 0.6) is 0 Å². The predicted molar refractivity (Wildman–Crippen MR) is 77.0 cm³/mol. The molecule has 1 atom stereocenters. The van der Waals surface area contributed by atoms with Crippen molar-refractivity contribution in [1.82, 2.24) is 5.32 Å². The second-order valence-electron chi connectivity index (χ2n) is 5.46.